The minimum absolute atomic E-state index is 0. The Morgan fingerprint density at radius 3 is 1.74 bits per heavy atom. The molecule has 8 nitrogen and oxygen atoms in total. The molecule has 0 aromatic heterocycles. The van der Waals surface area contributed by atoms with Gasteiger partial charge in [-0.1, -0.05) is 71.2 Å². The zero-order valence-corrected chi connectivity index (χ0v) is 21.6. The first-order valence-electron chi connectivity index (χ1n) is 12.7. The van der Waals surface area contributed by atoms with Crippen LogP contribution in [0.2, 0.25) is 0 Å². The number of carbonyl (C=O) groups is 3. The van der Waals surface area contributed by atoms with Gasteiger partial charge in [-0.2, -0.15) is 0 Å². The number of aliphatic hydroxyl groups is 2. The lowest BCUT2D eigenvalue weighted by Gasteiger charge is -2.57. The summed E-state index contributed by atoms with van der Waals surface area (Å²) < 4.78 is 10.8. The molecule has 0 heterocycles. The van der Waals surface area contributed by atoms with Crippen LogP contribution in [0.4, 0.5) is 0 Å². The molecule has 228 valence electrons. The number of esters is 2. The van der Waals surface area contributed by atoms with Crippen molar-refractivity contribution >= 4 is 17.9 Å². The minimum atomic E-state index is -1.32. The fourth-order valence-corrected chi connectivity index (χ4v) is 5.55. The van der Waals surface area contributed by atoms with E-state index >= 15 is 0 Å². The number of rotatable bonds is 9. The summed E-state index contributed by atoms with van der Waals surface area (Å²) >= 11 is 0. The van der Waals surface area contributed by atoms with Crippen LogP contribution in [-0.2, 0) is 23.9 Å². The molecule has 0 aromatic carbocycles. The SMILES string of the molecule is C.C.C.C.CCC(C)C(=O)OC(C(=O)O)C(C)(C)CO.CCC(C)C(=O)OC12CC3CC(C1)C(O)C(C3)C2. The molecule has 4 rings (SSSR count). The van der Waals surface area contributed by atoms with E-state index in [1.54, 1.807) is 6.92 Å². The van der Waals surface area contributed by atoms with E-state index in [0.717, 1.165) is 38.5 Å². The summed E-state index contributed by atoms with van der Waals surface area (Å²) in [5.74, 6) is -0.724. The summed E-state index contributed by atoms with van der Waals surface area (Å²) in [5, 5.41) is 28.2. The lowest BCUT2D eigenvalue weighted by Crippen LogP contribution is -2.58. The van der Waals surface area contributed by atoms with Crippen LogP contribution in [-0.4, -0.2) is 57.6 Å². The Hall–Kier alpha value is -1.67. The van der Waals surface area contributed by atoms with Crippen molar-refractivity contribution in [3.8, 4) is 0 Å². The normalized spacial score (nSPS) is 28.7. The highest BCUT2D eigenvalue weighted by molar-refractivity contribution is 5.79. The third kappa shape index (κ3) is 9.51. The van der Waals surface area contributed by atoms with Crippen molar-refractivity contribution in [2.24, 2.45) is 35.0 Å². The molecule has 0 spiro atoms. The number of ether oxygens (including phenoxy) is 2. The van der Waals surface area contributed by atoms with Gasteiger partial charge in [0.25, 0.3) is 0 Å². The Morgan fingerprint density at radius 1 is 0.895 bits per heavy atom. The van der Waals surface area contributed by atoms with Crippen LogP contribution in [0, 0.1) is 35.0 Å². The molecule has 0 amide bonds. The first-order valence-corrected chi connectivity index (χ1v) is 12.7. The van der Waals surface area contributed by atoms with E-state index in [1.807, 2.05) is 20.8 Å². The van der Waals surface area contributed by atoms with E-state index in [1.165, 1.54) is 13.8 Å². The summed E-state index contributed by atoms with van der Waals surface area (Å²) in [4.78, 5) is 34.5. The molecule has 3 N–H and O–H groups in total. The van der Waals surface area contributed by atoms with Crippen molar-refractivity contribution in [3.05, 3.63) is 0 Å². The first-order chi connectivity index (χ1) is 15.8. The number of hydrogen-bond acceptors (Lipinski definition) is 7. The molecule has 4 fully saturated rings. The van der Waals surface area contributed by atoms with Gasteiger partial charge in [0.15, 0.2) is 0 Å². The van der Waals surface area contributed by atoms with Gasteiger partial charge in [0.2, 0.25) is 6.10 Å². The van der Waals surface area contributed by atoms with E-state index < -0.39 is 23.5 Å². The van der Waals surface area contributed by atoms with Crippen LogP contribution in [0.15, 0.2) is 0 Å². The highest BCUT2D eigenvalue weighted by atomic mass is 16.6. The molecular formula is C30H60O8. The summed E-state index contributed by atoms with van der Waals surface area (Å²) in [7, 11) is 0. The minimum Gasteiger partial charge on any atom is -0.478 e. The van der Waals surface area contributed by atoms with Gasteiger partial charge in [0.05, 0.1) is 24.5 Å². The highest BCUT2D eigenvalue weighted by Gasteiger charge is 2.57. The van der Waals surface area contributed by atoms with Crippen molar-refractivity contribution in [1.82, 2.24) is 0 Å². The maximum atomic E-state index is 12.1. The summed E-state index contributed by atoms with van der Waals surface area (Å²) in [6.45, 7) is 10.2. The van der Waals surface area contributed by atoms with Gasteiger partial charge in [-0.15, -0.1) is 0 Å². The standard InChI is InChI=1S/C15H24O3.C11H20O5.4CH4/c1-3-9(2)14(17)18-15-6-10-4-11(7-15)13(16)12(5-10)8-15;1-5-7(2)10(15)16-8(9(13)14)11(3,4)6-12;;;;/h9-13,16H,3-8H2,1-2H3;7-8,12H,5-6H2,1-4H3,(H,13,14);4*1H4. The smallest absolute Gasteiger partial charge is 0.345 e. The van der Waals surface area contributed by atoms with E-state index in [9.17, 15) is 19.5 Å². The van der Waals surface area contributed by atoms with Gasteiger partial charge < -0.3 is 24.8 Å². The van der Waals surface area contributed by atoms with E-state index in [2.05, 4.69) is 0 Å². The van der Waals surface area contributed by atoms with Gasteiger partial charge in [-0.25, -0.2) is 4.79 Å². The largest absolute Gasteiger partial charge is 0.478 e. The average molecular weight is 549 g/mol. The van der Waals surface area contributed by atoms with Crippen molar-refractivity contribution in [2.45, 2.75) is 134 Å². The predicted octanol–water partition coefficient (Wildman–Crippen LogP) is 6.11. The highest BCUT2D eigenvalue weighted by Crippen LogP contribution is 2.57. The maximum absolute atomic E-state index is 12.1. The number of carboxylic acids is 1. The second kappa shape index (κ2) is 16.4. The van der Waals surface area contributed by atoms with Crippen molar-refractivity contribution in [2.75, 3.05) is 6.61 Å². The zero-order valence-electron chi connectivity index (χ0n) is 21.6. The fraction of sp³-hybridized carbons (Fsp3) is 0.900. The lowest BCUT2D eigenvalue weighted by molar-refractivity contribution is -0.209. The molecule has 4 bridgehead atoms. The molecule has 4 aliphatic carbocycles. The molecule has 8 heteroatoms. The summed E-state index contributed by atoms with van der Waals surface area (Å²) in [5.41, 5.74) is -1.22. The third-order valence-corrected chi connectivity index (χ3v) is 8.09. The quantitative estimate of drug-likeness (QED) is 0.294. The van der Waals surface area contributed by atoms with Gasteiger partial charge in [-0.3, -0.25) is 9.59 Å². The van der Waals surface area contributed by atoms with Gasteiger partial charge in [-0.05, 0) is 62.7 Å². The van der Waals surface area contributed by atoms with Crippen molar-refractivity contribution in [1.29, 1.82) is 0 Å². The summed E-state index contributed by atoms with van der Waals surface area (Å²) in [6.07, 6.45) is 5.07. The average Bonchev–Trinajstić information content (AvgIpc) is 2.78. The van der Waals surface area contributed by atoms with Gasteiger partial charge in [0.1, 0.15) is 5.60 Å². The zero-order chi connectivity index (χ0) is 25.8. The van der Waals surface area contributed by atoms with Crippen molar-refractivity contribution < 1.29 is 39.2 Å². The Balaban J connectivity index is -0.000000589. The molecule has 4 saturated carbocycles. The lowest BCUT2D eigenvalue weighted by atomic mass is 9.53. The fourth-order valence-electron chi connectivity index (χ4n) is 5.55. The molecule has 0 saturated heterocycles. The monoisotopic (exact) mass is 548 g/mol. The number of carbonyl (C=O) groups excluding carboxylic acids is 2. The van der Waals surface area contributed by atoms with Crippen LogP contribution < -0.4 is 0 Å². The second-order valence-corrected chi connectivity index (χ2v) is 11.5. The predicted molar refractivity (Wildman–Crippen MR) is 153 cm³/mol. The van der Waals surface area contributed by atoms with E-state index in [-0.39, 0.29) is 65.8 Å². The molecule has 0 aromatic rings. The Morgan fingerprint density at radius 2 is 1.34 bits per heavy atom. The Labute approximate surface area is 232 Å². The number of aliphatic carboxylic acids is 1. The molecule has 0 aliphatic heterocycles. The first kappa shape index (κ1) is 40.8. The summed E-state index contributed by atoms with van der Waals surface area (Å²) in [6, 6.07) is 0. The molecule has 4 aliphatic rings. The number of hydrogen-bond donors (Lipinski definition) is 3. The topological polar surface area (TPSA) is 130 Å². The Bertz CT molecular complexity index is 718. The van der Waals surface area contributed by atoms with E-state index in [0.29, 0.717) is 24.2 Å². The van der Waals surface area contributed by atoms with Gasteiger partial charge in [0, 0.05) is 5.41 Å². The molecule has 0 radical (unpaired) electrons. The number of carboxylic acid groups (broad SMARTS) is 1. The maximum Gasteiger partial charge on any atom is 0.345 e. The van der Waals surface area contributed by atoms with Crippen LogP contribution in [0.5, 0.6) is 0 Å². The van der Waals surface area contributed by atoms with Crippen LogP contribution in [0.25, 0.3) is 0 Å². The molecular weight excluding hydrogens is 488 g/mol. The Kier molecular flexibility index (Phi) is 17.7. The van der Waals surface area contributed by atoms with Crippen LogP contribution in [0.1, 0.15) is 116 Å². The van der Waals surface area contributed by atoms with Crippen LogP contribution >= 0.6 is 0 Å². The van der Waals surface area contributed by atoms with Crippen LogP contribution in [0.3, 0.4) is 0 Å². The molecule has 5 unspecified atom stereocenters. The molecule has 38 heavy (non-hydrogen) atoms. The third-order valence-electron chi connectivity index (χ3n) is 8.09. The molecule has 5 atom stereocenters. The van der Waals surface area contributed by atoms with Crippen molar-refractivity contribution in [3.63, 3.8) is 0 Å². The van der Waals surface area contributed by atoms with E-state index in [4.69, 9.17) is 19.7 Å². The second-order valence-electron chi connectivity index (χ2n) is 11.5. The number of aliphatic hydroxyl groups excluding tert-OH is 2. The van der Waals surface area contributed by atoms with Gasteiger partial charge >= 0.3 is 17.9 Å².